The zero-order chi connectivity index (χ0) is 13.9. The quantitative estimate of drug-likeness (QED) is 0.793. The number of carbonyl (C=O) groups excluding carboxylic acids is 1. The minimum atomic E-state index is 0.0290. The molecule has 1 rings (SSSR count). The van der Waals surface area contributed by atoms with E-state index in [1.165, 1.54) is 5.56 Å². The minimum absolute atomic E-state index is 0.0290. The molecule has 0 saturated carbocycles. The summed E-state index contributed by atoms with van der Waals surface area (Å²) in [7, 11) is 1.85. The molecule has 1 aromatic rings. The molecule has 0 aliphatic heterocycles. The lowest BCUT2D eigenvalue weighted by molar-refractivity contribution is -0.121. The van der Waals surface area contributed by atoms with Crippen LogP contribution in [0.2, 0.25) is 0 Å². The lowest BCUT2D eigenvalue weighted by Gasteiger charge is -2.22. The molecule has 0 fully saturated rings. The minimum Gasteiger partial charge on any atom is -0.315 e. The SMILES string of the molecule is CC(C)C(=O)N(C)c1cccc(CC(C)(C)C)c1. The second-order valence-electron chi connectivity index (χ2n) is 6.46. The van der Waals surface area contributed by atoms with Gasteiger partial charge in [0, 0.05) is 18.7 Å². The molecule has 0 spiro atoms. The van der Waals surface area contributed by atoms with Crippen molar-refractivity contribution >= 4 is 11.6 Å². The highest BCUT2D eigenvalue weighted by atomic mass is 16.2. The Morgan fingerprint density at radius 1 is 1.28 bits per heavy atom. The van der Waals surface area contributed by atoms with Gasteiger partial charge in [-0.25, -0.2) is 0 Å². The maximum Gasteiger partial charge on any atom is 0.229 e. The number of rotatable bonds is 3. The first-order valence-electron chi connectivity index (χ1n) is 6.57. The lowest BCUT2D eigenvalue weighted by atomic mass is 9.88. The molecule has 0 aliphatic carbocycles. The van der Waals surface area contributed by atoms with Crippen LogP contribution in [0.3, 0.4) is 0 Å². The monoisotopic (exact) mass is 247 g/mol. The normalized spacial score (nSPS) is 11.7. The van der Waals surface area contributed by atoms with Crippen LogP contribution in [-0.4, -0.2) is 13.0 Å². The Labute approximate surface area is 111 Å². The molecular weight excluding hydrogens is 222 g/mol. The van der Waals surface area contributed by atoms with Gasteiger partial charge in [0.15, 0.2) is 0 Å². The van der Waals surface area contributed by atoms with Gasteiger partial charge in [-0.3, -0.25) is 4.79 Å². The first kappa shape index (κ1) is 14.7. The van der Waals surface area contributed by atoms with Crippen molar-refractivity contribution in [1.82, 2.24) is 0 Å². The molecule has 0 bridgehead atoms. The van der Waals surface area contributed by atoms with E-state index in [9.17, 15) is 4.79 Å². The van der Waals surface area contributed by atoms with Crippen molar-refractivity contribution in [2.24, 2.45) is 11.3 Å². The van der Waals surface area contributed by atoms with Gasteiger partial charge in [0.05, 0.1) is 0 Å². The van der Waals surface area contributed by atoms with Crippen LogP contribution < -0.4 is 4.90 Å². The van der Waals surface area contributed by atoms with Crippen molar-refractivity contribution in [3.05, 3.63) is 29.8 Å². The Kier molecular flexibility index (Phi) is 4.55. The van der Waals surface area contributed by atoms with E-state index in [-0.39, 0.29) is 17.2 Å². The third-order valence-corrected chi connectivity index (χ3v) is 2.86. The molecule has 0 aliphatic rings. The fourth-order valence-corrected chi connectivity index (χ4v) is 2.00. The molecule has 18 heavy (non-hydrogen) atoms. The van der Waals surface area contributed by atoms with Crippen molar-refractivity contribution < 1.29 is 4.79 Å². The largest absolute Gasteiger partial charge is 0.315 e. The van der Waals surface area contributed by atoms with E-state index in [4.69, 9.17) is 0 Å². The average molecular weight is 247 g/mol. The topological polar surface area (TPSA) is 20.3 Å². The fraction of sp³-hybridized carbons (Fsp3) is 0.562. The number of amides is 1. The molecule has 0 aromatic heterocycles. The molecule has 0 saturated heterocycles. The number of nitrogens with zero attached hydrogens (tertiary/aromatic N) is 1. The van der Waals surface area contributed by atoms with Gasteiger partial charge in [0.2, 0.25) is 5.91 Å². The molecule has 0 atom stereocenters. The lowest BCUT2D eigenvalue weighted by Crippen LogP contribution is -2.30. The van der Waals surface area contributed by atoms with Crippen LogP contribution >= 0.6 is 0 Å². The molecular formula is C16H25NO. The van der Waals surface area contributed by atoms with Gasteiger partial charge in [0.25, 0.3) is 0 Å². The number of benzene rings is 1. The van der Waals surface area contributed by atoms with Crippen LogP contribution in [0, 0.1) is 11.3 Å². The molecule has 1 amide bonds. The van der Waals surface area contributed by atoms with Crippen molar-refractivity contribution in [3.8, 4) is 0 Å². The number of carbonyl (C=O) groups is 1. The van der Waals surface area contributed by atoms with Gasteiger partial charge < -0.3 is 4.90 Å². The maximum atomic E-state index is 12.0. The predicted molar refractivity (Wildman–Crippen MR) is 77.8 cm³/mol. The van der Waals surface area contributed by atoms with Gasteiger partial charge in [-0.2, -0.15) is 0 Å². The van der Waals surface area contributed by atoms with Crippen LogP contribution in [0.25, 0.3) is 0 Å². The van der Waals surface area contributed by atoms with E-state index >= 15 is 0 Å². The summed E-state index contributed by atoms with van der Waals surface area (Å²) in [5.74, 6) is 0.184. The van der Waals surface area contributed by atoms with E-state index in [1.807, 2.05) is 33.0 Å². The zero-order valence-electron chi connectivity index (χ0n) is 12.4. The Morgan fingerprint density at radius 2 is 1.89 bits per heavy atom. The zero-order valence-corrected chi connectivity index (χ0v) is 12.4. The van der Waals surface area contributed by atoms with E-state index in [0.717, 1.165) is 12.1 Å². The number of anilines is 1. The maximum absolute atomic E-state index is 12.0. The molecule has 0 radical (unpaired) electrons. The smallest absolute Gasteiger partial charge is 0.229 e. The number of hydrogen-bond acceptors (Lipinski definition) is 1. The van der Waals surface area contributed by atoms with Crippen molar-refractivity contribution in [3.63, 3.8) is 0 Å². The molecule has 0 N–H and O–H groups in total. The molecule has 2 nitrogen and oxygen atoms in total. The second kappa shape index (κ2) is 5.55. The predicted octanol–water partition coefficient (Wildman–Crippen LogP) is 3.89. The summed E-state index contributed by atoms with van der Waals surface area (Å²) in [4.78, 5) is 13.7. The molecule has 100 valence electrons. The van der Waals surface area contributed by atoms with Gasteiger partial charge in [-0.05, 0) is 29.5 Å². The Balaban J connectivity index is 2.92. The summed E-state index contributed by atoms with van der Waals surface area (Å²) in [5, 5.41) is 0. The number of hydrogen-bond donors (Lipinski definition) is 0. The van der Waals surface area contributed by atoms with E-state index < -0.39 is 0 Å². The first-order valence-corrected chi connectivity index (χ1v) is 6.57. The Hall–Kier alpha value is -1.31. The van der Waals surface area contributed by atoms with Crippen molar-refractivity contribution in [2.45, 2.75) is 41.0 Å². The van der Waals surface area contributed by atoms with Crippen LogP contribution in [0.15, 0.2) is 24.3 Å². The fourth-order valence-electron chi connectivity index (χ4n) is 2.00. The highest BCUT2D eigenvalue weighted by Crippen LogP contribution is 2.24. The van der Waals surface area contributed by atoms with Gasteiger partial charge in [-0.15, -0.1) is 0 Å². The highest BCUT2D eigenvalue weighted by molar-refractivity contribution is 5.94. The summed E-state index contributed by atoms with van der Waals surface area (Å²) in [6, 6.07) is 8.26. The second-order valence-corrected chi connectivity index (χ2v) is 6.46. The molecule has 1 aromatic carbocycles. The van der Waals surface area contributed by atoms with Gasteiger partial charge in [0.1, 0.15) is 0 Å². The summed E-state index contributed by atoms with van der Waals surface area (Å²) < 4.78 is 0. The van der Waals surface area contributed by atoms with Gasteiger partial charge >= 0.3 is 0 Å². The standard InChI is InChI=1S/C16H25NO/c1-12(2)15(18)17(6)14-9-7-8-13(10-14)11-16(3,4)5/h7-10,12H,11H2,1-6H3. The summed E-state index contributed by atoms with van der Waals surface area (Å²) >= 11 is 0. The van der Waals surface area contributed by atoms with E-state index in [0.29, 0.717) is 0 Å². The highest BCUT2D eigenvalue weighted by Gasteiger charge is 2.16. The Bertz CT molecular complexity index is 415. The summed E-state index contributed by atoms with van der Waals surface area (Å²) in [5.41, 5.74) is 2.53. The van der Waals surface area contributed by atoms with Crippen molar-refractivity contribution in [1.29, 1.82) is 0 Å². The van der Waals surface area contributed by atoms with E-state index in [2.05, 4.69) is 32.9 Å². The van der Waals surface area contributed by atoms with Crippen LogP contribution in [0.1, 0.15) is 40.2 Å². The molecule has 2 heteroatoms. The molecule has 0 heterocycles. The summed E-state index contributed by atoms with van der Waals surface area (Å²) in [6.45, 7) is 10.5. The third kappa shape index (κ3) is 4.17. The van der Waals surface area contributed by atoms with Gasteiger partial charge in [-0.1, -0.05) is 46.8 Å². The first-order chi connectivity index (χ1) is 8.20. The summed E-state index contributed by atoms with van der Waals surface area (Å²) in [6.07, 6.45) is 1.02. The van der Waals surface area contributed by atoms with Crippen molar-refractivity contribution in [2.75, 3.05) is 11.9 Å². The van der Waals surface area contributed by atoms with Crippen LogP contribution in [0.5, 0.6) is 0 Å². The average Bonchev–Trinajstić information content (AvgIpc) is 2.25. The molecule has 0 unspecified atom stereocenters. The van der Waals surface area contributed by atoms with Crippen LogP contribution in [-0.2, 0) is 11.2 Å². The third-order valence-electron chi connectivity index (χ3n) is 2.86. The van der Waals surface area contributed by atoms with E-state index in [1.54, 1.807) is 4.90 Å². The Morgan fingerprint density at radius 3 is 2.39 bits per heavy atom. The van der Waals surface area contributed by atoms with Crippen LogP contribution in [0.4, 0.5) is 5.69 Å².